The van der Waals surface area contributed by atoms with Crippen LogP contribution in [0.2, 0.25) is 0 Å². The number of rotatable bonds is 3. The van der Waals surface area contributed by atoms with Crippen LogP contribution in [0.25, 0.3) is 0 Å². The van der Waals surface area contributed by atoms with E-state index in [0.29, 0.717) is 11.3 Å². The summed E-state index contributed by atoms with van der Waals surface area (Å²) in [5, 5.41) is 9.35. The van der Waals surface area contributed by atoms with E-state index in [4.69, 9.17) is 4.74 Å². The lowest BCUT2D eigenvalue weighted by Gasteiger charge is -2.08. The maximum Gasteiger partial charge on any atom is 0.196 e. The van der Waals surface area contributed by atoms with Crippen molar-refractivity contribution in [1.29, 1.82) is 0 Å². The number of aliphatic hydroxyl groups is 1. The van der Waals surface area contributed by atoms with Crippen LogP contribution in [0.5, 0.6) is 0 Å². The highest BCUT2D eigenvalue weighted by Gasteiger charge is 2.13. The van der Waals surface area contributed by atoms with Gasteiger partial charge in [0.05, 0.1) is 5.69 Å². The molecule has 4 nitrogen and oxygen atoms in total. The molecule has 13 heavy (non-hydrogen) atoms. The highest BCUT2D eigenvalue weighted by Crippen LogP contribution is 2.16. The number of ketones is 1. The summed E-state index contributed by atoms with van der Waals surface area (Å²) in [5.41, 5.74) is 1.15. The second-order valence-corrected chi connectivity index (χ2v) is 2.91. The van der Waals surface area contributed by atoms with E-state index < -0.39 is 6.29 Å². The fourth-order valence-corrected chi connectivity index (χ4v) is 1.14. The summed E-state index contributed by atoms with van der Waals surface area (Å²) in [7, 11) is 3.16. The van der Waals surface area contributed by atoms with Crippen molar-refractivity contribution in [2.45, 2.75) is 13.2 Å². The molecule has 1 N–H and O–H groups in total. The molecule has 1 rings (SSSR count). The predicted molar refractivity (Wildman–Crippen MR) is 47.4 cm³/mol. The van der Waals surface area contributed by atoms with Gasteiger partial charge in [-0.3, -0.25) is 4.79 Å². The first-order chi connectivity index (χ1) is 6.06. The molecule has 0 aliphatic carbocycles. The Balaban J connectivity index is 3.02. The van der Waals surface area contributed by atoms with E-state index in [1.165, 1.54) is 14.0 Å². The lowest BCUT2D eigenvalue weighted by Crippen LogP contribution is -2.04. The van der Waals surface area contributed by atoms with Gasteiger partial charge < -0.3 is 14.4 Å². The van der Waals surface area contributed by atoms with Gasteiger partial charge in [-0.15, -0.1) is 0 Å². The number of aryl methyl sites for hydroxylation is 1. The van der Waals surface area contributed by atoms with Crippen LogP contribution >= 0.6 is 0 Å². The summed E-state index contributed by atoms with van der Waals surface area (Å²) in [6.45, 7) is 1.48. The summed E-state index contributed by atoms with van der Waals surface area (Å²) in [5.74, 6) is -0.0230. The van der Waals surface area contributed by atoms with Crippen LogP contribution in [0.4, 0.5) is 0 Å². The average molecular weight is 183 g/mol. The number of hydrogen-bond acceptors (Lipinski definition) is 3. The number of aromatic nitrogens is 1. The molecule has 0 bridgehead atoms. The fraction of sp³-hybridized carbons (Fsp3) is 0.444. The monoisotopic (exact) mass is 183 g/mol. The van der Waals surface area contributed by atoms with E-state index in [1.54, 1.807) is 23.9 Å². The predicted octanol–water partition coefficient (Wildman–Crippen LogP) is 0.865. The molecule has 4 heteroatoms. The van der Waals surface area contributed by atoms with Gasteiger partial charge in [0.25, 0.3) is 0 Å². The molecule has 1 aromatic heterocycles. The second-order valence-electron chi connectivity index (χ2n) is 2.91. The van der Waals surface area contributed by atoms with Crippen molar-refractivity contribution in [1.82, 2.24) is 4.57 Å². The molecule has 1 atom stereocenters. The molecular weight excluding hydrogens is 170 g/mol. The minimum atomic E-state index is -0.974. The third kappa shape index (κ3) is 1.96. The quantitative estimate of drug-likeness (QED) is 0.558. The third-order valence-electron chi connectivity index (χ3n) is 1.93. The second kappa shape index (κ2) is 3.72. The third-order valence-corrected chi connectivity index (χ3v) is 1.93. The summed E-state index contributed by atoms with van der Waals surface area (Å²) in [4.78, 5) is 11.0. The molecule has 0 fully saturated rings. The summed E-state index contributed by atoms with van der Waals surface area (Å²) in [6.07, 6.45) is 0.693. The maximum absolute atomic E-state index is 11.0. The van der Waals surface area contributed by atoms with Crippen molar-refractivity contribution < 1.29 is 14.6 Å². The van der Waals surface area contributed by atoms with Crippen molar-refractivity contribution in [2.24, 2.45) is 7.05 Å². The van der Waals surface area contributed by atoms with Crippen LogP contribution in [-0.2, 0) is 11.8 Å². The number of nitrogens with zero attached hydrogens (tertiary/aromatic N) is 1. The van der Waals surface area contributed by atoms with Gasteiger partial charge in [-0.2, -0.15) is 0 Å². The lowest BCUT2D eigenvalue weighted by molar-refractivity contribution is -0.0815. The zero-order valence-corrected chi connectivity index (χ0v) is 7.94. The first-order valence-corrected chi connectivity index (χ1v) is 3.94. The van der Waals surface area contributed by atoms with Crippen LogP contribution in [0.1, 0.15) is 29.3 Å². The van der Waals surface area contributed by atoms with Crippen molar-refractivity contribution in [2.75, 3.05) is 7.11 Å². The molecule has 72 valence electrons. The zero-order valence-electron chi connectivity index (χ0n) is 7.94. The Labute approximate surface area is 76.7 Å². The van der Waals surface area contributed by atoms with Crippen LogP contribution in [0, 0.1) is 0 Å². The van der Waals surface area contributed by atoms with E-state index >= 15 is 0 Å². The molecule has 0 radical (unpaired) electrons. The van der Waals surface area contributed by atoms with Gasteiger partial charge >= 0.3 is 0 Å². The van der Waals surface area contributed by atoms with E-state index in [-0.39, 0.29) is 5.78 Å². The Kier molecular flexibility index (Phi) is 2.85. The highest BCUT2D eigenvalue weighted by molar-refractivity contribution is 5.94. The van der Waals surface area contributed by atoms with E-state index in [2.05, 4.69) is 0 Å². The first kappa shape index (κ1) is 9.95. The molecule has 0 spiro atoms. The molecule has 0 saturated carbocycles. The smallest absolute Gasteiger partial charge is 0.196 e. The van der Waals surface area contributed by atoms with E-state index in [9.17, 15) is 9.90 Å². The van der Waals surface area contributed by atoms with Crippen molar-refractivity contribution in [3.05, 3.63) is 23.5 Å². The molecule has 0 saturated heterocycles. The largest absolute Gasteiger partial charge is 0.363 e. The number of carbonyl (C=O) groups excluding carboxylic acids is 1. The standard InChI is InChI=1S/C9H13NO3/c1-6(11)7-4-8(9(12)13-3)10(2)5-7/h4-5,9,12H,1-3H3. The SMILES string of the molecule is COC(O)c1cc(C(C)=O)cn1C. The number of aliphatic hydroxyl groups excluding tert-OH is 1. The minimum absolute atomic E-state index is 0.0230. The number of hydrogen-bond donors (Lipinski definition) is 1. The fourth-order valence-electron chi connectivity index (χ4n) is 1.14. The number of methoxy groups -OCH3 is 1. The van der Waals surface area contributed by atoms with Gasteiger partial charge in [0.1, 0.15) is 0 Å². The Morgan fingerprint density at radius 3 is 2.69 bits per heavy atom. The molecule has 0 aromatic carbocycles. The molecule has 0 aliphatic heterocycles. The van der Waals surface area contributed by atoms with Gasteiger partial charge in [0.2, 0.25) is 0 Å². The number of Topliss-reactive ketones (excluding diaryl/α,β-unsaturated/α-hetero) is 1. The molecule has 1 heterocycles. The molecule has 1 unspecified atom stereocenters. The molecule has 0 amide bonds. The van der Waals surface area contributed by atoms with Crippen LogP contribution in [0.3, 0.4) is 0 Å². The topological polar surface area (TPSA) is 51.5 Å². The Morgan fingerprint density at radius 2 is 2.31 bits per heavy atom. The van der Waals surface area contributed by atoms with Crippen LogP contribution < -0.4 is 0 Å². The van der Waals surface area contributed by atoms with Gasteiger partial charge in [0, 0.05) is 25.9 Å². The summed E-state index contributed by atoms with van der Waals surface area (Å²) >= 11 is 0. The molecule has 1 aromatic rings. The van der Waals surface area contributed by atoms with Crippen molar-refractivity contribution in [3.63, 3.8) is 0 Å². The van der Waals surface area contributed by atoms with Gasteiger partial charge in [0.15, 0.2) is 12.1 Å². The Hall–Kier alpha value is -1.13. The van der Waals surface area contributed by atoms with Gasteiger partial charge in [-0.05, 0) is 13.0 Å². The number of carbonyl (C=O) groups is 1. The highest BCUT2D eigenvalue weighted by atomic mass is 16.6. The van der Waals surface area contributed by atoms with E-state index in [0.717, 1.165) is 0 Å². The normalized spacial score (nSPS) is 12.9. The zero-order chi connectivity index (χ0) is 10.0. The van der Waals surface area contributed by atoms with Crippen molar-refractivity contribution >= 4 is 5.78 Å². The van der Waals surface area contributed by atoms with E-state index in [1.807, 2.05) is 0 Å². The minimum Gasteiger partial charge on any atom is -0.363 e. The molecular formula is C9H13NO3. The Morgan fingerprint density at radius 1 is 1.69 bits per heavy atom. The lowest BCUT2D eigenvalue weighted by atomic mass is 10.2. The Bertz CT molecular complexity index is 317. The van der Waals surface area contributed by atoms with Crippen LogP contribution in [-0.4, -0.2) is 22.6 Å². The van der Waals surface area contributed by atoms with Gasteiger partial charge in [-0.25, -0.2) is 0 Å². The van der Waals surface area contributed by atoms with Crippen molar-refractivity contribution in [3.8, 4) is 0 Å². The van der Waals surface area contributed by atoms with Gasteiger partial charge in [-0.1, -0.05) is 0 Å². The first-order valence-electron chi connectivity index (χ1n) is 3.94. The maximum atomic E-state index is 11.0. The number of ether oxygens (including phenoxy) is 1. The van der Waals surface area contributed by atoms with Crippen LogP contribution in [0.15, 0.2) is 12.3 Å². The summed E-state index contributed by atoms with van der Waals surface area (Å²) in [6, 6.07) is 1.62. The summed E-state index contributed by atoms with van der Waals surface area (Å²) < 4.78 is 6.41. The molecule has 0 aliphatic rings. The average Bonchev–Trinajstić information content (AvgIpc) is 2.46.